The minimum Gasteiger partial charge on any atom is -0.459 e. The summed E-state index contributed by atoms with van der Waals surface area (Å²) in [5, 5.41) is 0.779. The maximum absolute atomic E-state index is 14.1. The molecule has 0 saturated carbocycles. The molecule has 3 aliphatic heterocycles. The molecule has 1 aromatic carbocycles. The number of likely N-dealkylation sites (tertiary alicyclic amines) is 3. The fourth-order valence-electron chi connectivity index (χ4n) is 7.15. The van der Waals surface area contributed by atoms with Crippen LogP contribution in [0, 0.1) is 0 Å². The molecule has 2 unspecified atom stereocenters. The largest absolute Gasteiger partial charge is 0.459 e. The monoisotopic (exact) mass is 527 g/mol. The van der Waals surface area contributed by atoms with Crippen LogP contribution in [-0.4, -0.2) is 71.1 Å². The van der Waals surface area contributed by atoms with E-state index < -0.39 is 11.1 Å². The molecule has 0 bridgehead atoms. The summed E-state index contributed by atoms with van der Waals surface area (Å²) in [6.07, 6.45) is 10.9. The van der Waals surface area contributed by atoms with Gasteiger partial charge >= 0.3 is 5.97 Å². The molecule has 0 N–H and O–H groups in total. The molecule has 0 aromatic heterocycles. The van der Waals surface area contributed by atoms with Gasteiger partial charge in [0.05, 0.1) is 0 Å². The lowest BCUT2D eigenvalue weighted by molar-refractivity contribution is -0.171. The Balaban J connectivity index is 1.61. The molecule has 2 atom stereocenters. The van der Waals surface area contributed by atoms with Gasteiger partial charge in [-0.2, -0.15) is 0 Å². The van der Waals surface area contributed by atoms with Gasteiger partial charge in [-0.25, -0.2) is 0 Å². The zero-order chi connectivity index (χ0) is 26.0. The topological polar surface area (TPSA) is 36.0 Å². The van der Waals surface area contributed by atoms with Crippen LogP contribution in [0.15, 0.2) is 35.7 Å². The Bertz CT molecular complexity index is 967. The van der Waals surface area contributed by atoms with E-state index in [1.165, 1.54) is 55.5 Å². The normalized spacial score (nSPS) is 28.1. The van der Waals surface area contributed by atoms with Gasteiger partial charge in [0, 0.05) is 48.5 Å². The molecule has 0 spiro atoms. The van der Waals surface area contributed by atoms with E-state index in [4.69, 9.17) is 16.3 Å². The van der Waals surface area contributed by atoms with Crippen molar-refractivity contribution in [2.75, 3.05) is 39.3 Å². The Kier molecular flexibility index (Phi) is 8.12. The van der Waals surface area contributed by atoms with Crippen LogP contribution >= 0.6 is 11.6 Å². The van der Waals surface area contributed by atoms with E-state index >= 15 is 0 Å². The highest BCUT2D eigenvalue weighted by Crippen LogP contribution is 2.45. The molecular formula is C31H46ClN3O2. The van der Waals surface area contributed by atoms with Crippen LogP contribution in [0.1, 0.15) is 96.5 Å². The van der Waals surface area contributed by atoms with Crippen molar-refractivity contribution >= 4 is 17.6 Å². The third kappa shape index (κ3) is 5.83. The predicted molar refractivity (Wildman–Crippen MR) is 151 cm³/mol. The second-order valence-corrected chi connectivity index (χ2v) is 13.0. The van der Waals surface area contributed by atoms with Crippen LogP contribution in [0.5, 0.6) is 0 Å². The minimum atomic E-state index is -0.560. The number of esters is 1. The molecule has 3 fully saturated rings. The van der Waals surface area contributed by atoms with E-state index in [0.717, 1.165) is 70.0 Å². The maximum atomic E-state index is 14.1. The third-order valence-corrected chi connectivity index (χ3v) is 9.20. The van der Waals surface area contributed by atoms with Gasteiger partial charge in [-0.15, -0.1) is 0 Å². The van der Waals surface area contributed by atoms with Crippen LogP contribution in [0.2, 0.25) is 5.02 Å². The molecule has 4 aliphatic rings. The fourth-order valence-corrected chi connectivity index (χ4v) is 7.28. The molecule has 3 heterocycles. The molecule has 5 rings (SSSR count). The van der Waals surface area contributed by atoms with Gasteiger partial charge in [-0.3, -0.25) is 9.69 Å². The summed E-state index contributed by atoms with van der Waals surface area (Å²) in [6, 6.07) is 8.51. The Morgan fingerprint density at radius 3 is 2.03 bits per heavy atom. The Morgan fingerprint density at radius 2 is 1.43 bits per heavy atom. The van der Waals surface area contributed by atoms with Crippen molar-refractivity contribution in [3.05, 3.63) is 46.2 Å². The lowest BCUT2D eigenvalue weighted by atomic mass is 9.76. The standard InChI is InChI=1S/C31H46ClN3O2/c1-30(2,3)37-29(36)31(35-22-8-9-23-35)16-14-26(24-10-12-25(32)13-11-24)28(34-20-6-7-21-34)27(15-17-31)33-18-4-5-19-33/h10-13,26H,4-9,14-23H2,1-3H3. The molecule has 204 valence electrons. The van der Waals surface area contributed by atoms with Gasteiger partial charge in [-0.05, 0) is 116 Å². The lowest BCUT2D eigenvalue weighted by Gasteiger charge is -2.45. The van der Waals surface area contributed by atoms with Gasteiger partial charge in [0.15, 0.2) is 0 Å². The fraction of sp³-hybridized carbons (Fsp3) is 0.710. The number of carbonyl (C=O) groups is 1. The van der Waals surface area contributed by atoms with Crippen LogP contribution in [0.4, 0.5) is 0 Å². The highest BCUT2D eigenvalue weighted by Gasteiger charge is 2.49. The quantitative estimate of drug-likeness (QED) is 0.404. The summed E-state index contributed by atoms with van der Waals surface area (Å²) in [4.78, 5) is 22.0. The lowest BCUT2D eigenvalue weighted by Crippen LogP contribution is -2.56. The molecule has 1 aliphatic carbocycles. The average Bonchev–Trinajstić information content (AvgIpc) is 3.63. The molecule has 0 amide bonds. The number of allylic oxidation sites excluding steroid dienone is 2. The number of carbonyl (C=O) groups excluding carboxylic acids is 1. The number of nitrogens with zero attached hydrogens (tertiary/aromatic N) is 3. The first-order chi connectivity index (χ1) is 17.8. The summed E-state index contributed by atoms with van der Waals surface area (Å²) in [5.74, 6) is 0.248. The maximum Gasteiger partial charge on any atom is 0.327 e. The number of halogens is 1. The van der Waals surface area contributed by atoms with Crippen LogP contribution in [-0.2, 0) is 9.53 Å². The zero-order valence-corrected chi connectivity index (χ0v) is 24.0. The number of rotatable bonds is 5. The summed E-state index contributed by atoms with van der Waals surface area (Å²) < 4.78 is 6.20. The third-order valence-electron chi connectivity index (χ3n) is 8.94. The summed E-state index contributed by atoms with van der Waals surface area (Å²) in [6.45, 7) is 12.5. The average molecular weight is 528 g/mol. The second kappa shape index (κ2) is 11.2. The number of benzene rings is 1. The molecule has 37 heavy (non-hydrogen) atoms. The zero-order valence-electron chi connectivity index (χ0n) is 23.2. The SMILES string of the molecule is CC(C)(C)OC(=O)C1(N2CCCC2)CCC(N2CCCC2)=C(N2CCCC2)C(c2ccc(Cl)cc2)CC1. The van der Waals surface area contributed by atoms with Crippen molar-refractivity contribution < 1.29 is 9.53 Å². The molecule has 3 saturated heterocycles. The smallest absolute Gasteiger partial charge is 0.327 e. The second-order valence-electron chi connectivity index (χ2n) is 12.6. The van der Waals surface area contributed by atoms with E-state index in [2.05, 4.69) is 26.8 Å². The van der Waals surface area contributed by atoms with Crippen molar-refractivity contribution in [1.82, 2.24) is 14.7 Å². The van der Waals surface area contributed by atoms with Crippen LogP contribution in [0.25, 0.3) is 0 Å². The van der Waals surface area contributed by atoms with Crippen LogP contribution in [0.3, 0.4) is 0 Å². The van der Waals surface area contributed by atoms with E-state index in [0.29, 0.717) is 0 Å². The van der Waals surface area contributed by atoms with E-state index in [1.54, 1.807) is 0 Å². The summed E-state index contributed by atoms with van der Waals surface area (Å²) in [5.41, 5.74) is 3.29. The van der Waals surface area contributed by atoms with Crippen molar-refractivity contribution in [3.8, 4) is 0 Å². The highest BCUT2D eigenvalue weighted by atomic mass is 35.5. The van der Waals surface area contributed by atoms with Crippen LogP contribution < -0.4 is 0 Å². The van der Waals surface area contributed by atoms with Crippen molar-refractivity contribution in [2.24, 2.45) is 0 Å². The van der Waals surface area contributed by atoms with Gasteiger partial charge in [0.25, 0.3) is 0 Å². The Labute approximate surface area is 229 Å². The number of ether oxygens (including phenoxy) is 1. The van der Waals surface area contributed by atoms with Gasteiger partial charge in [0.2, 0.25) is 0 Å². The first-order valence-electron chi connectivity index (χ1n) is 14.7. The summed E-state index contributed by atoms with van der Waals surface area (Å²) in [7, 11) is 0. The van der Waals surface area contributed by atoms with Crippen molar-refractivity contribution in [1.29, 1.82) is 0 Å². The molecule has 0 radical (unpaired) electrons. The van der Waals surface area contributed by atoms with E-state index in [9.17, 15) is 4.79 Å². The van der Waals surface area contributed by atoms with E-state index in [-0.39, 0.29) is 11.9 Å². The number of hydrogen-bond acceptors (Lipinski definition) is 5. The first kappa shape index (κ1) is 26.9. The van der Waals surface area contributed by atoms with E-state index in [1.807, 2.05) is 32.9 Å². The van der Waals surface area contributed by atoms with Gasteiger partial charge in [0.1, 0.15) is 11.1 Å². The highest BCUT2D eigenvalue weighted by molar-refractivity contribution is 6.30. The van der Waals surface area contributed by atoms with Gasteiger partial charge in [-0.1, -0.05) is 23.7 Å². The Hall–Kier alpha value is -1.72. The summed E-state index contributed by atoms with van der Waals surface area (Å²) >= 11 is 6.34. The minimum absolute atomic E-state index is 0.0119. The predicted octanol–water partition coefficient (Wildman–Crippen LogP) is 6.58. The molecular weight excluding hydrogens is 482 g/mol. The van der Waals surface area contributed by atoms with Crippen molar-refractivity contribution in [2.45, 2.75) is 102 Å². The molecule has 6 heteroatoms. The molecule has 1 aromatic rings. The van der Waals surface area contributed by atoms with Crippen molar-refractivity contribution in [3.63, 3.8) is 0 Å². The first-order valence-corrected chi connectivity index (χ1v) is 15.1. The van der Waals surface area contributed by atoms with Gasteiger partial charge < -0.3 is 14.5 Å². The molecule has 5 nitrogen and oxygen atoms in total. The number of hydrogen-bond donors (Lipinski definition) is 0. The Morgan fingerprint density at radius 1 is 0.865 bits per heavy atom.